The normalized spacial score (nSPS) is 10.6. The maximum absolute atomic E-state index is 13.7. The Hall–Kier alpha value is -4.20. The molecular formula is C25H23FN2O5. The zero-order valence-electron chi connectivity index (χ0n) is 18.2. The van der Waals surface area contributed by atoms with Crippen molar-refractivity contribution in [3.8, 4) is 17.2 Å². The minimum Gasteiger partial charge on any atom is -0.494 e. The molecule has 0 fully saturated rings. The number of ether oxygens (including phenoxy) is 3. The molecule has 1 amide bonds. The number of halogens is 1. The summed E-state index contributed by atoms with van der Waals surface area (Å²) in [5.41, 5.74) is 3.08. The van der Waals surface area contributed by atoms with Gasteiger partial charge >= 0.3 is 5.97 Å². The lowest BCUT2D eigenvalue weighted by molar-refractivity contribution is 0.0729. The molecule has 0 aliphatic heterocycles. The van der Waals surface area contributed by atoms with Crippen molar-refractivity contribution < 1.29 is 28.2 Å². The molecule has 0 aromatic heterocycles. The third kappa shape index (κ3) is 6.39. The highest BCUT2D eigenvalue weighted by Crippen LogP contribution is 2.28. The molecule has 0 spiro atoms. The maximum Gasteiger partial charge on any atom is 0.343 e. The first-order chi connectivity index (χ1) is 16.0. The van der Waals surface area contributed by atoms with Crippen LogP contribution in [-0.4, -0.2) is 31.8 Å². The van der Waals surface area contributed by atoms with Gasteiger partial charge in [-0.2, -0.15) is 5.10 Å². The molecule has 1 N–H and O–H groups in total. The van der Waals surface area contributed by atoms with Gasteiger partial charge < -0.3 is 14.2 Å². The van der Waals surface area contributed by atoms with E-state index in [2.05, 4.69) is 10.5 Å². The lowest BCUT2D eigenvalue weighted by Gasteiger charge is -2.10. The van der Waals surface area contributed by atoms with E-state index in [9.17, 15) is 14.0 Å². The number of amides is 1. The van der Waals surface area contributed by atoms with Crippen LogP contribution < -0.4 is 19.6 Å². The number of hydrazone groups is 1. The first kappa shape index (κ1) is 23.5. The van der Waals surface area contributed by atoms with Crippen molar-refractivity contribution in [2.45, 2.75) is 13.3 Å². The summed E-state index contributed by atoms with van der Waals surface area (Å²) < 4.78 is 29.9. The SMILES string of the molecule is CCCOc1ccc(C(=O)Oc2ccc(/C=N/NC(=O)c3ccccc3F)cc2OC)cc1. The Labute approximate surface area is 190 Å². The Morgan fingerprint density at radius 3 is 2.48 bits per heavy atom. The molecule has 0 atom stereocenters. The van der Waals surface area contributed by atoms with Gasteiger partial charge in [0.25, 0.3) is 5.91 Å². The molecule has 0 unspecified atom stereocenters. The van der Waals surface area contributed by atoms with Crippen molar-refractivity contribution in [2.75, 3.05) is 13.7 Å². The summed E-state index contributed by atoms with van der Waals surface area (Å²) in [5.74, 6) is -0.656. The van der Waals surface area contributed by atoms with Gasteiger partial charge in [-0.25, -0.2) is 14.6 Å². The van der Waals surface area contributed by atoms with Gasteiger partial charge in [-0.3, -0.25) is 4.79 Å². The minimum atomic E-state index is -0.673. The second kappa shape index (κ2) is 11.4. The average molecular weight is 450 g/mol. The molecule has 33 heavy (non-hydrogen) atoms. The fraction of sp³-hybridized carbons (Fsp3) is 0.160. The van der Waals surface area contributed by atoms with E-state index in [1.165, 1.54) is 31.5 Å². The fourth-order valence-electron chi connectivity index (χ4n) is 2.79. The van der Waals surface area contributed by atoms with Gasteiger partial charge in [0.05, 0.1) is 31.1 Å². The standard InChI is InChI=1S/C25H23FN2O5/c1-3-14-32-19-11-9-18(10-12-19)25(30)33-22-13-8-17(15-23(22)31-2)16-27-28-24(29)20-6-4-5-7-21(20)26/h4-13,15-16H,3,14H2,1-2H3,(H,28,29)/b27-16+. The highest BCUT2D eigenvalue weighted by molar-refractivity contribution is 5.95. The summed E-state index contributed by atoms with van der Waals surface area (Å²) >= 11 is 0. The average Bonchev–Trinajstić information content (AvgIpc) is 2.84. The summed E-state index contributed by atoms with van der Waals surface area (Å²) in [6.45, 7) is 2.61. The second-order valence-corrected chi connectivity index (χ2v) is 6.85. The molecule has 3 rings (SSSR count). The van der Waals surface area contributed by atoms with Crippen LogP contribution in [-0.2, 0) is 0 Å². The highest BCUT2D eigenvalue weighted by atomic mass is 19.1. The van der Waals surface area contributed by atoms with Crippen LogP contribution in [0.25, 0.3) is 0 Å². The van der Waals surface area contributed by atoms with Crippen molar-refractivity contribution in [1.29, 1.82) is 0 Å². The number of carbonyl (C=O) groups excluding carboxylic acids is 2. The molecule has 0 saturated heterocycles. The van der Waals surface area contributed by atoms with Crippen molar-refractivity contribution in [2.24, 2.45) is 5.10 Å². The van der Waals surface area contributed by atoms with Gasteiger partial charge in [0.1, 0.15) is 11.6 Å². The lowest BCUT2D eigenvalue weighted by atomic mass is 10.2. The summed E-state index contributed by atoms with van der Waals surface area (Å²) in [6, 6.07) is 17.0. The number of hydrogen-bond donors (Lipinski definition) is 1. The summed E-state index contributed by atoms with van der Waals surface area (Å²) in [4.78, 5) is 24.5. The zero-order chi connectivity index (χ0) is 23.6. The third-order valence-corrected chi connectivity index (χ3v) is 4.45. The molecule has 0 aliphatic rings. The molecule has 0 aliphatic carbocycles. The van der Waals surface area contributed by atoms with E-state index in [1.807, 2.05) is 6.92 Å². The molecule has 0 radical (unpaired) electrons. The van der Waals surface area contributed by atoms with Crippen molar-refractivity contribution in [1.82, 2.24) is 5.43 Å². The van der Waals surface area contributed by atoms with Crippen molar-refractivity contribution in [3.05, 3.63) is 89.2 Å². The largest absolute Gasteiger partial charge is 0.494 e. The van der Waals surface area contributed by atoms with Gasteiger partial charge in [0.2, 0.25) is 0 Å². The molecule has 8 heteroatoms. The number of methoxy groups -OCH3 is 1. The Kier molecular flexibility index (Phi) is 8.13. The topological polar surface area (TPSA) is 86.2 Å². The van der Waals surface area contributed by atoms with E-state index in [1.54, 1.807) is 48.5 Å². The Bertz CT molecular complexity index is 1150. The predicted molar refractivity (Wildman–Crippen MR) is 122 cm³/mol. The van der Waals surface area contributed by atoms with Crippen LogP contribution in [0.3, 0.4) is 0 Å². The Balaban J connectivity index is 1.64. The van der Waals surface area contributed by atoms with Crippen molar-refractivity contribution >= 4 is 18.1 Å². The van der Waals surface area contributed by atoms with Gasteiger partial charge in [0.15, 0.2) is 11.5 Å². The number of nitrogens with one attached hydrogen (secondary N) is 1. The van der Waals surface area contributed by atoms with E-state index in [-0.39, 0.29) is 11.3 Å². The number of benzene rings is 3. The fourth-order valence-corrected chi connectivity index (χ4v) is 2.79. The first-order valence-corrected chi connectivity index (χ1v) is 10.2. The number of carbonyl (C=O) groups is 2. The molecule has 0 saturated carbocycles. The van der Waals surface area contributed by atoms with Crippen LogP contribution in [0.4, 0.5) is 4.39 Å². The van der Waals surface area contributed by atoms with E-state index >= 15 is 0 Å². The molecule has 0 bridgehead atoms. The predicted octanol–water partition coefficient (Wildman–Crippen LogP) is 4.61. The number of rotatable bonds is 9. The van der Waals surface area contributed by atoms with E-state index in [0.29, 0.717) is 29.2 Å². The second-order valence-electron chi connectivity index (χ2n) is 6.85. The van der Waals surface area contributed by atoms with Gasteiger partial charge in [-0.15, -0.1) is 0 Å². The Morgan fingerprint density at radius 2 is 1.79 bits per heavy atom. The minimum absolute atomic E-state index is 0.112. The lowest BCUT2D eigenvalue weighted by Crippen LogP contribution is -2.18. The van der Waals surface area contributed by atoms with Crippen LogP contribution >= 0.6 is 0 Å². The maximum atomic E-state index is 13.7. The summed E-state index contributed by atoms with van der Waals surface area (Å²) in [6.07, 6.45) is 2.25. The smallest absolute Gasteiger partial charge is 0.343 e. The highest BCUT2D eigenvalue weighted by Gasteiger charge is 2.13. The van der Waals surface area contributed by atoms with E-state index < -0.39 is 17.7 Å². The molecule has 7 nitrogen and oxygen atoms in total. The first-order valence-electron chi connectivity index (χ1n) is 10.2. The Morgan fingerprint density at radius 1 is 1.03 bits per heavy atom. The van der Waals surface area contributed by atoms with Crippen LogP contribution in [0.15, 0.2) is 71.8 Å². The van der Waals surface area contributed by atoms with Crippen LogP contribution in [0.2, 0.25) is 0 Å². The number of nitrogens with zero attached hydrogens (tertiary/aromatic N) is 1. The van der Waals surface area contributed by atoms with Gasteiger partial charge in [0, 0.05) is 0 Å². The number of esters is 1. The van der Waals surface area contributed by atoms with E-state index in [0.717, 1.165) is 6.42 Å². The van der Waals surface area contributed by atoms with Gasteiger partial charge in [-0.1, -0.05) is 19.1 Å². The molecule has 3 aromatic carbocycles. The number of hydrogen-bond acceptors (Lipinski definition) is 6. The third-order valence-electron chi connectivity index (χ3n) is 4.45. The monoisotopic (exact) mass is 450 g/mol. The quantitative estimate of drug-likeness (QED) is 0.223. The van der Waals surface area contributed by atoms with Crippen molar-refractivity contribution in [3.63, 3.8) is 0 Å². The zero-order valence-corrected chi connectivity index (χ0v) is 18.2. The molecule has 170 valence electrons. The van der Waals surface area contributed by atoms with E-state index in [4.69, 9.17) is 14.2 Å². The van der Waals surface area contributed by atoms with Crippen LogP contribution in [0, 0.1) is 5.82 Å². The molecule has 0 heterocycles. The summed E-state index contributed by atoms with van der Waals surface area (Å²) in [5, 5.41) is 3.84. The molecular weight excluding hydrogens is 427 g/mol. The van der Waals surface area contributed by atoms with Crippen LogP contribution in [0.5, 0.6) is 17.2 Å². The van der Waals surface area contributed by atoms with Gasteiger partial charge in [-0.05, 0) is 66.6 Å². The van der Waals surface area contributed by atoms with Crippen LogP contribution in [0.1, 0.15) is 39.6 Å². The summed E-state index contributed by atoms with van der Waals surface area (Å²) in [7, 11) is 1.44. The molecule has 3 aromatic rings.